The van der Waals surface area contributed by atoms with Gasteiger partial charge in [0.25, 0.3) is 0 Å². The van der Waals surface area contributed by atoms with E-state index in [1.165, 1.54) is 13.0 Å². The van der Waals surface area contributed by atoms with E-state index in [-0.39, 0.29) is 18.0 Å². The molecule has 9 heteroatoms. The Morgan fingerprint density at radius 2 is 2.04 bits per heavy atom. The first kappa shape index (κ1) is 19.0. The van der Waals surface area contributed by atoms with Crippen LogP contribution in [0.4, 0.5) is 24.5 Å². The fraction of sp³-hybridized carbons (Fsp3) is 0.500. The zero-order valence-corrected chi connectivity index (χ0v) is 14.0. The second-order valence-corrected chi connectivity index (χ2v) is 5.36. The topological polar surface area (TPSA) is 63.2 Å². The molecule has 0 spiro atoms. The van der Waals surface area contributed by atoms with E-state index >= 15 is 0 Å². The first-order chi connectivity index (χ1) is 11.8. The van der Waals surface area contributed by atoms with Gasteiger partial charge in [-0.2, -0.15) is 18.3 Å². The van der Waals surface area contributed by atoms with Crippen molar-refractivity contribution in [1.82, 2.24) is 0 Å². The van der Waals surface area contributed by atoms with Crippen molar-refractivity contribution in [3.05, 3.63) is 23.8 Å². The van der Waals surface area contributed by atoms with Gasteiger partial charge in [0.05, 0.1) is 36.8 Å². The van der Waals surface area contributed by atoms with Crippen LogP contribution in [0.3, 0.4) is 0 Å². The third-order valence-corrected chi connectivity index (χ3v) is 3.59. The Labute approximate surface area is 143 Å². The van der Waals surface area contributed by atoms with Crippen LogP contribution in [-0.2, 0) is 20.4 Å². The molecule has 1 aliphatic rings. The summed E-state index contributed by atoms with van der Waals surface area (Å²) in [6, 6.07) is 3.40. The van der Waals surface area contributed by atoms with Gasteiger partial charge in [0.1, 0.15) is 5.71 Å². The normalized spacial score (nSPS) is 15.9. The molecule has 0 saturated carbocycles. The summed E-state index contributed by atoms with van der Waals surface area (Å²) in [6.45, 7) is 5.36. The Morgan fingerprint density at radius 3 is 2.64 bits per heavy atom. The molecule has 6 nitrogen and oxygen atoms in total. The number of alkyl halides is 3. The minimum atomic E-state index is -4.47. The summed E-state index contributed by atoms with van der Waals surface area (Å²) in [6.07, 6.45) is -4.47. The van der Waals surface area contributed by atoms with Gasteiger partial charge in [-0.1, -0.05) is 0 Å². The number of nitrogens with one attached hydrogen (secondary N) is 1. The number of carbonyl (C=O) groups excluding carboxylic acids is 1. The van der Waals surface area contributed by atoms with Crippen LogP contribution < -0.4 is 10.3 Å². The van der Waals surface area contributed by atoms with Crippen LogP contribution in [0.15, 0.2) is 23.3 Å². The van der Waals surface area contributed by atoms with E-state index in [0.29, 0.717) is 32.0 Å². The Hall–Kier alpha value is -2.29. The van der Waals surface area contributed by atoms with Crippen molar-refractivity contribution in [2.45, 2.75) is 20.0 Å². The van der Waals surface area contributed by atoms with E-state index in [4.69, 9.17) is 9.47 Å². The zero-order valence-electron chi connectivity index (χ0n) is 14.0. The molecule has 25 heavy (non-hydrogen) atoms. The molecule has 1 aromatic rings. The number of hydrazone groups is 1. The van der Waals surface area contributed by atoms with Crippen molar-refractivity contribution in [2.75, 3.05) is 43.2 Å². The first-order valence-electron chi connectivity index (χ1n) is 7.84. The highest BCUT2D eigenvalue weighted by atomic mass is 19.4. The van der Waals surface area contributed by atoms with Crippen molar-refractivity contribution in [3.8, 4) is 0 Å². The SMILES string of the molecule is CCOC(=O)C(C)=NNc1cc(C(F)(F)F)ccc1N1CCOCC1. The molecule has 0 unspecified atom stereocenters. The summed E-state index contributed by atoms with van der Waals surface area (Å²) in [7, 11) is 0. The highest BCUT2D eigenvalue weighted by molar-refractivity contribution is 6.35. The maximum absolute atomic E-state index is 13.0. The molecule has 1 heterocycles. The molecule has 1 fully saturated rings. The van der Waals surface area contributed by atoms with Gasteiger partial charge in [-0.25, -0.2) is 4.79 Å². The Bertz CT molecular complexity index is 641. The fourth-order valence-corrected chi connectivity index (χ4v) is 2.31. The smallest absolute Gasteiger partial charge is 0.416 e. The zero-order chi connectivity index (χ0) is 18.4. The van der Waals surface area contributed by atoms with Crippen molar-refractivity contribution < 1.29 is 27.4 Å². The van der Waals surface area contributed by atoms with Crippen LogP contribution in [0.25, 0.3) is 0 Å². The average molecular weight is 359 g/mol. The third kappa shape index (κ3) is 5.09. The summed E-state index contributed by atoms with van der Waals surface area (Å²) in [4.78, 5) is 13.5. The molecule has 1 N–H and O–H groups in total. The molecule has 138 valence electrons. The highest BCUT2D eigenvalue weighted by Gasteiger charge is 2.31. The number of halogens is 3. The van der Waals surface area contributed by atoms with Gasteiger partial charge in [-0.05, 0) is 32.0 Å². The molecule has 1 aromatic carbocycles. The molecule has 0 aliphatic carbocycles. The van der Waals surface area contributed by atoms with Crippen molar-refractivity contribution >= 4 is 23.1 Å². The van der Waals surface area contributed by atoms with Gasteiger partial charge >= 0.3 is 12.1 Å². The lowest BCUT2D eigenvalue weighted by molar-refractivity contribution is -0.137. The number of nitrogens with zero attached hydrogens (tertiary/aromatic N) is 2. The Morgan fingerprint density at radius 1 is 1.36 bits per heavy atom. The third-order valence-electron chi connectivity index (χ3n) is 3.59. The maximum atomic E-state index is 13.0. The van der Waals surface area contributed by atoms with Gasteiger partial charge in [0.2, 0.25) is 0 Å². The number of anilines is 2. The summed E-state index contributed by atoms with van der Waals surface area (Å²) >= 11 is 0. The largest absolute Gasteiger partial charge is 0.461 e. The summed E-state index contributed by atoms with van der Waals surface area (Å²) in [5.41, 5.74) is 2.53. The summed E-state index contributed by atoms with van der Waals surface area (Å²) < 4.78 is 49.1. The van der Waals surface area contributed by atoms with Gasteiger partial charge in [-0.15, -0.1) is 0 Å². The number of hydrogen-bond donors (Lipinski definition) is 1. The molecule has 0 atom stereocenters. The standard InChI is InChI=1S/C16H20F3N3O3/c1-3-25-15(23)11(2)20-21-13-10-12(16(17,18)19)4-5-14(13)22-6-8-24-9-7-22/h4-5,10,21H,3,6-9H2,1-2H3. The van der Waals surface area contributed by atoms with Crippen molar-refractivity contribution in [3.63, 3.8) is 0 Å². The summed E-state index contributed by atoms with van der Waals surface area (Å²) in [5, 5.41) is 3.86. The highest BCUT2D eigenvalue weighted by Crippen LogP contribution is 2.35. The molecule has 0 aromatic heterocycles. The number of carbonyl (C=O) groups is 1. The van der Waals surface area contributed by atoms with Crippen LogP contribution in [0.2, 0.25) is 0 Å². The number of hydrogen-bond acceptors (Lipinski definition) is 6. The lowest BCUT2D eigenvalue weighted by Gasteiger charge is -2.30. The number of ether oxygens (including phenoxy) is 2. The molecule has 2 rings (SSSR count). The molecule has 1 saturated heterocycles. The summed E-state index contributed by atoms with van der Waals surface area (Å²) in [5.74, 6) is -0.630. The second-order valence-electron chi connectivity index (χ2n) is 5.36. The van der Waals surface area contributed by atoms with Gasteiger partial charge in [0, 0.05) is 13.1 Å². The molecule has 0 bridgehead atoms. The minimum Gasteiger partial charge on any atom is -0.461 e. The van der Waals surface area contributed by atoms with Gasteiger partial charge in [0.15, 0.2) is 0 Å². The lowest BCUT2D eigenvalue weighted by Crippen LogP contribution is -2.36. The monoisotopic (exact) mass is 359 g/mol. The molecular formula is C16H20F3N3O3. The van der Waals surface area contributed by atoms with E-state index in [9.17, 15) is 18.0 Å². The van der Waals surface area contributed by atoms with Crippen LogP contribution in [0.5, 0.6) is 0 Å². The van der Waals surface area contributed by atoms with E-state index in [2.05, 4.69) is 10.5 Å². The molecule has 0 amide bonds. The lowest BCUT2D eigenvalue weighted by atomic mass is 10.1. The number of rotatable bonds is 5. The second kappa shape index (κ2) is 8.19. The van der Waals surface area contributed by atoms with E-state index < -0.39 is 17.7 Å². The first-order valence-corrected chi connectivity index (χ1v) is 7.84. The fourth-order valence-electron chi connectivity index (χ4n) is 2.31. The van der Waals surface area contributed by atoms with Gasteiger partial charge in [-0.3, -0.25) is 5.43 Å². The van der Waals surface area contributed by atoms with Crippen LogP contribution in [0, 0.1) is 0 Å². The van der Waals surface area contributed by atoms with Crippen LogP contribution >= 0.6 is 0 Å². The molecule has 0 radical (unpaired) electrons. The number of morpholine rings is 1. The molecular weight excluding hydrogens is 339 g/mol. The van der Waals surface area contributed by atoms with Crippen LogP contribution in [0.1, 0.15) is 19.4 Å². The van der Waals surface area contributed by atoms with Crippen molar-refractivity contribution in [1.29, 1.82) is 0 Å². The molecule has 1 aliphatic heterocycles. The van der Waals surface area contributed by atoms with Gasteiger partial charge < -0.3 is 14.4 Å². The van der Waals surface area contributed by atoms with Crippen LogP contribution in [-0.4, -0.2) is 44.6 Å². The number of benzene rings is 1. The number of esters is 1. The van der Waals surface area contributed by atoms with E-state index in [0.717, 1.165) is 12.1 Å². The van der Waals surface area contributed by atoms with Crippen molar-refractivity contribution in [2.24, 2.45) is 5.10 Å². The predicted molar refractivity (Wildman–Crippen MR) is 87.8 cm³/mol. The Kier molecular flexibility index (Phi) is 6.24. The Balaban J connectivity index is 2.30. The van der Waals surface area contributed by atoms with E-state index in [1.54, 1.807) is 6.92 Å². The average Bonchev–Trinajstić information content (AvgIpc) is 2.59. The quantitative estimate of drug-likeness (QED) is 0.498. The predicted octanol–water partition coefficient (Wildman–Crippen LogP) is 2.89. The minimum absolute atomic E-state index is 0.0205. The van der Waals surface area contributed by atoms with E-state index in [1.807, 2.05) is 4.90 Å². The maximum Gasteiger partial charge on any atom is 0.416 e.